The lowest BCUT2D eigenvalue weighted by Crippen LogP contribution is -2.23. The fraction of sp³-hybridized carbons (Fsp3) is 0.278. The number of aliphatic imine (C=N–C) groups is 1. The molecule has 1 aliphatic rings. The number of anilines is 1. The number of fused-ring (bicyclic) bond motifs is 1. The molecule has 0 amide bonds. The summed E-state index contributed by atoms with van der Waals surface area (Å²) in [6, 6.07) is 12.0. The Balaban J connectivity index is 0.00000225. The Bertz CT molecular complexity index is 740. The molecule has 2 aromatic rings. The van der Waals surface area contributed by atoms with Crippen LogP contribution in [0.3, 0.4) is 0 Å². The molecule has 0 saturated heterocycles. The molecule has 1 aliphatic heterocycles. The number of rotatable bonds is 4. The minimum Gasteiger partial charge on any atom is -0.490 e. The number of hydrogen-bond acceptors (Lipinski definition) is 3. The Hall–Kier alpha value is -2.03. The van der Waals surface area contributed by atoms with Crippen molar-refractivity contribution in [2.45, 2.75) is 12.8 Å². The van der Waals surface area contributed by atoms with Gasteiger partial charge in [-0.3, -0.25) is 4.99 Å². The second-order valence-corrected chi connectivity index (χ2v) is 5.48. The molecule has 0 aliphatic carbocycles. The fourth-order valence-corrected chi connectivity index (χ4v) is 2.43. The van der Waals surface area contributed by atoms with E-state index in [1.807, 2.05) is 24.3 Å². The van der Waals surface area contributed by atoms with Crippen LogP contribution < -0.4 is 20.5 Å². The maximum absolute atomic E-state index is 13.1. The Morgan fingerprint density at radius 2 is 1.92 bits per heavy atom. The zero-order chi connectivity index (χ0) is 16.8. The predicted molar refractivity (Wildman–Crippen MR) is 108 cm³/mol. The molecule has 1 heterocycles. The highest BCUT2D eigenvalue weighted by atomic mass is 127. The SMILES string of the molecule is I.NC(=NCCc1cccc(F)c1)Nc1ccc2c(c1)OCCCO2. The van der Waals surface area contributed by atoms with E-state index in [1.54, 1.807) is 6.07 Å². The monoisotopic (exact) mass is 457 g/mol. The molecule has 2 aromatic carbocycles. The van der Waals surface area contributed by atoms with Gasteiger partial charge in [-0.1, -0.05) is 12.1 Å². The average molecular weight is 457 g/mol. The van der Waals surface area contributed by atoms with E-state index in [2.05, 4.69) is 10.3 Å². The first-order valence-corrected chi connectivity index (χ1v) is 7.92. The molecule has 7 heteroatoms. The molecule has 5 nitrogen and oxygen atoms in total. The van der Waals surface area contributed by atoms with Crippen molar-refractivity contribution in [3.8, 4) is 11.5 Å². The third-order valence-electron chi connectivity index (χ3n) is 3.59. The van der Waals surface area contributed by atoms with Gasteiger partial charge in [0.2, 0.25) is 0 Å². The number of nitrogens with one attached hydrogen (secondary N) is 1. The predicted octanol–water partition coefficient (Wildman–Crippen LogP) is 3.57. The lowest BCUT2D eigenvalue weighted by molar-refractivity contribution is 0.297. The standard InChI is InChI=1S/C18H20FN3O2.HI/c19-14-4-1-3-13(11-14)7-8-21-18(20)22-15-5-6-16-17(12-15)24-10-2-9-23-16;/h1,3-6,11-12H,2,7-10H2,(H3,20,21,22);1H. The van der Waals surface area contributed by atoms with E-state index in [4.69, 9.17) is 15.2 Å². The minimum atomic E-state index is -0.241. The quantitative estimate of drug-likeness (QED) is 0.419. The van der Waals surface area contributed by atoms with Crippen LogP contribution in [0.15, 0.2) is 47.5 Å². The van der Waals surface area contributed by atoms with Gasteiger partial charge in [-0.15, -0.1) is 24.0 Å². The molecule has 0 aromatic heterocycles. The molecule has 0 radical (unpaired) electrons. The number of ether oxygens (including phenoxy) is 2. The van der Waals surface area contributed by atoms with Gasteiger partial charge in [0.05, 0.1) is 13.2 Å². The highest BCUT2D eigenvalue weighted by molar-refractivity contribution is 14.0. The lowest BCUT2D eigenvalue weighted by atomic mass is 10.1. The molecule has 0 atom stereocenters. The van der Waals surface area contributed by atoms with Crippen LogP contribution in [0.4, 0.5) is 10.1 Å². The van der Waals surface area contributed by atoms with Crippen LogP contribution in [0.25, 0.3) is 0 Å². The molecule has 0 unspecified atom stereocenters. The van der Waals surface area contributed by atoms with E-state index >= 15 is 0 Å². The molecular weight excluding hydrogens is 436 g/mol. The summed E-state index contributed by atoms with van der Waals surface area (Å²) in [6.45, 7) is 1.77. The van der Waals surface area contributed by atoms with Crippen LogP contribution >= 0.6 is 24.0 Å². The van der Waals surface area contributed by atoms with E-state index < -0.39 is 0 Å². The van der Waals surface area contributed by atoms with Crippen LogP contribution in [0.2, 0.25) is 0 Å². The van der Waals surface area contributed by atoms with Gasteiger partial charge in [-0.25, -0.2) is 4.39 Å². The summed E-state index contributed by atoms with van der Waals surface area (Å²) in [6.07, 6.45) is 1.49. The zero-order valence-electron chi connectivity index (χ0n) is 13.7. The van der Waals surface area contributed by atoms with E-state index in [9.17, 15) is 4.39 Å². The maximum Gasteiger partial charge on any atom is 0.193 e. The largest absolute Gasteiger partial charge is 0.490 e. The van der Waals surface area contributed by atoms with Gasteiger partial charge in [-0.2, -0.15) is 0 Å². The number of guanidine groups is 1. The molecule has 0 spiro atoms. The van der Waals surface area contributed by atoms with E-state index in [0.29, 0.717) is 37.9 Å². The second-order valence-electron chi connectivity index (χ2n) is 5.48. The van der Waals surface area contributed by atoms with Gasteiger partial charge >= 0.3 is 0 Å². The van der Waals surface area contributed by atoms with E-state index in [0.717, 1.165) is 23.4 Å². The number of nitrogens with zero attached hydrogens (tertiary/aromatic N) is 1. The Morgan fingerprint density at radius 3 is 2.72 bits per heavy atom. The molecule has 3 N–H and O–H groups in total. The van der Waals surface area contributed by atoms with Crippen molar-refractivity contribution in [1.82, 2.24) is 0 Å². The molecular formula is C18H21FIN3O2. The van der Waals surface area contributed by atoms with E-state index in [-0.39, 0.29) is 29.8 Å². The summed E-state index contributed by atoms with van der Waals surface area (Å²) in [5.41, 5.74) is 7.57. The van der Waals surface area contributed by atoms with Gasteiger partial charge < -0.3 is 20.5 Å². The molecule has 134 valence electrons. The van der Waals surface area contributed by atoms with Crippen molar-refractivity contribution < 1.29 is 13.9 Å². The topological polar surface area (TPSA) is 68.9 Å². The van der Waals surface area contributed by atoms with Crippen LogP contribution in [-0.4, -0.2) is 25.7 Å². The summed E-state index contributed by atoms with van der Waals surface area (Å²) in [7, 11) is 0. The Kier molecular flexibility index (Phi) is 7.30. The molecule has 0 saturated carbocycles. The highest BCUT2D eigenvalue weighted by Gasteiger charge is 2.10. The third kappa shape index (κ3) is 5.77. The average Bonchev–Trinajstić information content (AvgIpc) is 2.80. The van der Waals surface area contributed by atoms with Gasteiger partial charge in [-0.05, 0) is 36.2 Å². The molecule has 25 heavy (non-hydrogen) atoms. The maximum atomic E-state index is 13.1. The van der Waals surface area contributed by atoms with Crippen LogP contribution in [0.1, 0.15) is 12.0 Å². The summed E-state index contributed by atoms with van der Waals surface area (Å²) >= 11 is 0. The van der Waals surface area contributed by atoms with Gasteiger partial charge in [0, 0.05) is 24.7 Å². The van der Waals surface area contributed by atoms with Crippen LogP contribution in [0.5, 0.6) is 11.5 Å². The van der Waals surface area contributed by atoms with Crippen molar-refractivity contribution in [2.24, 2.45) is 10.7 Å². The van der Waals surface area contributed by atoms with Crippen molar-refractivity contribution in [1.29, 1.82) is 0 Å². The van der Waals surface area contributed by atoms with Gasteiger partial charge in [0.25, 0.3) is 0 Å². The van der Waals surface area contributed by atoms with Crippen molar-refractivity contribution in [3.05, 3.63) is 53.8 Å². The van der Waals surface area contributed by atoms with Crippen LogP contribution in [-0.2, 0) is 6.42 Å². The first-order chi connectivity index (χ1) is 11.7. The van der Waals surface area contributed by atoms with Crippen LogP contribution in [0, 0.1) is 5.82 Å². The third-order valence-corrected chi connectivity index (χ3v) is 3.59. The first kappa shape index (κ1) is 19.3. The Labute approximate surface area is 163 Å². The van der Waals surface area contributed by atoms with Crippen molar-refractivity contribution in [3.63, 3.8) is 0 Å². The van der Waals surface area contributed by atoms with Crippen molar-refractivity contribution >= 4 is 35.6 Å². The van der Waals surface area contributed by atoms with Gasteiger partial charge in [0.15, 0.2) is 17.5 Å². The molecule has 0 fully saturated rings. The van der Waals surface area contributed by atoms with E-state index in [1.165, 1.54) is 12.1 Å². The number of benzene rings is 2. The molecule has 0 bridgehead atoms. The zero-order valence-corrected chi connectivity index (χ0v) is 16.0. The normalized spacial score (nSPS) is 13.6. The first-order valence-electron chi connectivity index (χ1n) is 7.92. The van der Waals surface area contributed by atoms with Gasteiger partial charge in [0.1, 0.15) is 5.82 Å². The number of hydrogen-bond donors (Lipinski definition) is 2. The summed E-state index contributed by atoms with van der Waals surface area (Å²) < 4.78 is 24.3. The second kappa shape index (κ2) is 9.45. The minimum absolute atomic E-state index is 0. The number of nitrogens with two attached hydrogens (primary N) is 1. The fourth-order valence-electron chi connectivity index (χ4n) is 2.43. The van der Waals surface area contributed by atoms with Crippen molar-refractivity contribution in [2.75, 3.05) is 25.1 Å². The lowest BCUT2D eigenvalue weighted by Gasteiger charge is -2.10. The summed E-state index contributed by atoms with van der Waals surface area (Å²) in [4.78, 5) is 4.26. The smallest absolute Gasteiger partial charge is 0.193 e. The summed E-state index contributed by atoms with van der Waals surface area (Å²) in [5, 5.41) is 3.03. The molecule has 3 rings (SSSR count). The summed E-state index contributed by atoms with van der Waals surface area (Å²) in [5.74, 6) is 1.50. The Morgan fingerprint density at radius 1 is 1.12 bits per heavy atom. The number of halogens is 2. The highest BCUT2D eigenvalue weighted by Crippen LogP contribution is 2.32.